The molecule has 1 amide bonds. The first-order chi connectivity index (χ1) is 8.77. The monoisotopic (exact) mass is 246 g/mol. The zero-order chi connectivity index (χ0) is 12.8. The number of amides is 1. The molecule has 0 fully saturated rings. The molecule has 1 unspecified atom stereocenters. The maximum atomic E-state index is 11.7. The van der Waals surface area contributed by atoms with Crippen molar-refractivity contribution in [2.75, 3.05) is 25.0 Å². The summed E-state index contributed by atoms with van der Waals surface area (Å²) in [4.78, 5) is 15.7. The minimum Gasteiger partial charge on any atom is -0.383 e. The van der Waals surface area contributed by atoms with Gasteiger partial charge in [0.05, 0.1) is 0 Å². The van der Waals surface area contributed by atoms with Crippen LogP contribution >= 0.6 is 0 Å². The Kier molecular flexibility index (Phi) is 4.30. The number of rotatable bonds is 5. The number of carbonyl (C=O) groups excluding carboxylic acids is 1. The van der Waals surface area contributed by atoms with E-state index >= 15 is 0 Å². The van der Waals surface area contributed by atoms with E-state index in [0.717, 1.165) is 17.8 Å². The van der Waals surface area contributed by atoms with Crippen LogP contribution in [-0.4, -0.2) is 36.6 Å². The lowest BCUT2D eigenvalue weighted by molar-refractivity contribution is -0.121. The van der Waals surface area contributed by atoms with E-state index in [1.54, 1.807) is 6.20 Å². The molecule has 0 saturated heterocycles. The molecule has 0 saturated carbocycles. The van der Waals surface area contributed by atoms with Crippen LogP contribution in [0.3, 0.4) is 0 Å². The predicted molar refractivity (Wildman–Crippen MR) is 71.4 cm³/mol. The molecule has 5 nitrogen and oxygen atoms in total. The van der Waals surface area contributed by atoms with Gasteiger partial charge in [-0.1, -0.05) is 12.2 Å². The van der Waals surface area contributed by atoms with Crippen LogP contribution in [0.25, 0.3) is 0 Å². The number of hydrogen-bond donors (Lipinski definition) is 3. The molecule has 2 rings (SSSR count). The number of carbonyl (C=O) groups is 1. The molecule has 18 heavy (non-hydrogen) atoms. The molecule has 1 aliphatic heterocycles. The van der Waals surface area contributed by atoms with Crippen molar-refractivity contribution in [1.82, 2.24) is 15.6 Å². The Balaban J connectivity index is 1.68. The van der Waals surface area contributed by atoms with Crippen LogP contribution in [0.2, 0.25) is 0 Å². The Morgan fingerprint density at radius 2 is 2.44 bits per heavy atom. The van der Waals surface area contributed by atoms with Gasteiger partial charge in [0.2, 0.25) is 5.91 Å². The van der Waals surface area contributed by atoms with Gasteiger partial charge in [-0.25, -0.2) is 0 Å². The van der Waals surface area contributed by atoms with Crippen molar-refractivity contribution in [3.63, 3.8) is 0 Å². The van der Waals surface area contributed by atoms with Gasteiger partial charge in [0.15, 0.2) is 0 Å². The molecule has 5 heteroatoms. The van der Waals surface area contributed by atoms with E-state index in [2.05, 4.69) is 20.9 Å². The van der Waals surface area contributed by atoms with Gasteiger partial charge in [0, 0.05) is 37.7 Å². The average Bonchev–Trinajstić information content (AvgIpc) is 2.90. The number of nitrogens with zero attached hydrogens (tertiary/aromatic N) is 1. The number of nitrogens with one attached hydrogen (secondary N) is 3. The third-order valence-electron chi connectivity index (χ3n) is 2.83. The van der Waals surface area contributed by atoms with Crippen molar-refractivity contribution in [3.8, 4) is 0 Å². The fraction of sp³-hybridized carbons (Fsp3) is 0.385. The van der Waals surface area contributed by atoms with E-state index < -0.39 is 0 Å². The van der Waals surface area contributed by atoms with Gasteiger partial charge in [-0.15, -0.1) is 0 Å². The maximum Gasteiger partial charge on any atom is 0.241 e. The lowest BCUT2D eigenvalue weighted by Crippen LogP contribution is -2.42. The number of hydrogen-bond acceptors (Lipinski definition) is 4. The van der Waals surface area contributed by atoms with E-state index in [1.165, 1.54) is 0 Å². The molecular weight excluding hydrogens is 228 g/mol. The molecule has 1 atom stereocenters. The minimum absolute atomic E-state index is 0.0250. The summed E-state index contributed by atoms with van der Waals surface area (Å²) in [6, 6.07) is 1.76. The molecule has 96 valence electrons. The number of anilines is 1. The smallest absolute Gasteiger partial charge is 0.241 e. The predicted octanol–water partition coefficient (Wildman–Crippen LogP) is 0.446. The lowest BCUT2D eigenvalue weighted by Gasteiger charge is -2.12. The van der Waals surface area contributed by atoms with Crippen LogP contribution in [0.15, 0.2) is 30.6 Å². The second-order valence-corrected chi connectivity index (χ2v) is 4.22. The fourth-order valence-corrected chi connectivity index (χ4v) is 1.81. The molecule has 0 bridgehead atoms. The van der Waals surface area contributed by atoms with Crippen molar-refractivity contribution < 1.29 is 4.79 Å². The Hall–Kier alpha value is -1.88. The molecule has 3 N–H and O–H groups in total. The Labute approximate surface area is 107 Å². The van der Waals surface area contributed by atoms with Crippen molar-refractivity contribution in [2.45, 2.75) is 13.0 Å². The maximum absolute atomic E-state index is 11.7. The quantitative estimate of drug-likeness (QED) is 0.521. The summed E-state index contributed by atoms with van der Waals surface area (Å²) in [6.45, 7) is 4.08. The van der Waals surface area contributed by atoms with E-state index in [4.69, 9.17) is 0 Å². The first-order valence-electron chi connectivity index (χ1n) is 6.09. The summed E-state index contributed by atoms with van der Waals surface area (Å²) in [5.41, 5.74) is 2.15. The van der Waals surface area contributed by atoms with Crippen LogP contribution in [-0.2, 0) is 4.79 Å². The molecule has 0 aromatic carbocycles. The van der Waals surface area contributed by atoms with Crippen LogP contribution in [0.5, 0.6) is 0 Å². The van der Waals surface area contributed by atoms with Crippen LogP contribution in [0, 0.1) is 6.92 Å². The molecule has 0 aliphatic carbocycles. The first kappa shape index (κ1) is 12.6. The van der Waals surface area contributed by atoms with E-state index in [0.29, 0.717) is 13.1 Å². The third kappa shape index (κ3) is 3.30. The van der Waals surface area contributed by atoms with Crippen LogP contribution < -0.4 is 16.0 Å². The molecule has 1 aromatic rings. The molecule has 1 aromatic heterocycles. The lowest BCUT2D eigenvalue weighted by atomic mass is 10.2. The zero-order valence-electron chi connectivity index (χ0n) is 10.4. The standard InChI is InChI=1S/C13H18N4O/c1-10-9-14-6-4-11(10)16-7-8-17-13(18)12-3-2-5-15-12/h2-4,6,9,12,15H,5,7-8H2,1H3,(H,14,16)(H,17,18). The summed E-state index contributed by atoms with van der Waals surface area (Å²) in [6.07, 6.45) is 7.41. The van der Waals surface area contributed by atoms with Crippen molar-refractivity contribution >= 4 is 11.6 Å². The molecule has 2 heterocycles. The highest BCUT2D eigenvalue weighted by Crippen LogP contribution is 2.10. The number of aromatic nitrogens is 1. The van der Waals surface area contributed by atoms with Gasteiger partial charge < -0.3 is 10.6 Å². The van der Waals surface area contributed by atoms with E-state index in [9.17, 15) is 4.79 Å². The van der Waals surface area contributed by atoms with Crippen LogP contribution in [0.4, 0.5) is 5.69 Å². The minimum atomic E-state index is -0.173. The highest BCUT2D eigenvalue weighted by atomic mass is 16.2. The Morgan fingerprint density at radius 1 is 1.56 bits per heavy atom. The summed E-state index contributed by atoms with van der Waals surface area (Å²) < 4.78 is 0. The molecule has 0 radical (unpaired) electrons. The summed E-state index contributed by atoms with van der Waals surface area (Å²) in [7, 11) is 0. The highest BCUT2D eigenvalue weighted by Gasteiger charge is 2.16. The van der Waals surface area contributed by atoms with Crippen molar-refractivity contribution in [2.24, 2.45) is 0 Å². The Morgan fingerprint density at radius 3 is 3.17 bits per heavy atom. The van der Waals surface area contributed by atoms with Gasteiger partial charge in [-0.2, -0.15) is 0 Å². The fourth-order valence-electron chi connectivity index (χ4n) is 1.81. The van der Waals surface area contributed by atoms with Gasteiger partial charge in [-0.3, -0.25) is 15.1 Å². The van der Waals surface area contributed by atoms with Gasteiger partial charge in [-0.05, 0) is 18.6 Å². The summed E-state index contributed by atoms with van der Waals surface area (Å²) in [5.74, 6) is 0.0250. The topological polar surface area (TPSA) is 66.0 Å². The zero-order valence-corrected chi connectivity index (χ0v) is 10.4. The second-order valence-electron chi connectivity index (χ2n) is 4.22. The normalized spacial score (nSPS) is 17.7. The van der Waals surface area contributed by atoms with Gasteiger partial charge >= 0.3 is 0 Å². The highest BCUT2D eigenvalue weighted by molar-refractivity contribution is 5.84. The van der Waals surface area contributed by atoms with Gasteiger partial charge in [0.1, 0.15) is 6.04 Å². The first-order valence-corrected chi connectivity index (χ1v) is 6.09. The average molecular weight is 246 g/mol. The molecule has 0 spiro atoms. The van der Waals surface area contributed by atoms with Gasteiger partial charge in [0.25, 0.3) is 0 Å². The van der Waals surface area contributed by atoms with Crippen molar-refractivity contribution in [1.29, 1.82) is 0 Å². The van der Waals surface area contributed by atoms with E-state index in [-0.39, 0.29) is 11.9 Å². The van der Waals surface area contributed by atoms with E-state index in [1.807, 2.05) is 31.3 Å². The number of pyridine rings is 1. The summed E-state index contributed by atoms with van der Waals surface area (Å²) >= 11 is 0. The SMILES string of the molecule is Cc1cnccc1NCCNC(=O)C1C=CCN1. The number of aryl methyl sites for hydroxylation is 1. The van der Waals surface area contributed by atoms with Crippen LogP contribution in [0.1, 0.15) is 5.56 Å². The second kappa shape index (κ2) is 6.16. The summed E-state index contributed by atoms with van der Waals surface area (Å²) in [5, 5.41) is 9.22. The largest absolute Gasteiger partial charge is 0.383 e. The Bertz CT molecular complexity index is 444. The molecule has 1 aliphatic rings. The third-order valence-corrected chi connectivity index (χ3v) is 2.83. The molecular formula is C13H18N4O. The van der Waals surface area contributed by atoms with Crippen molar-refractivity contribution in [3.05, 3.63) is 36.2 Å².